The van der Waals surface area contributed by atoms with E-state index in [1.165, 1.54) is 17.1 Å². The summed E-state index contributed by atoms with van der Waals surface area (Å²) in [7, 11) is 0. The molecule has 134 valence electrons. The standard InChI is InChI=1S/C17H17F3N2O2S/c1-25-9-16(4-5-16)8-22-10-21-7-13(15(22)24)12-3-2-11(6-14(12)23)17(18,19)20/h2-3,6-7,10,23H,4-5,8-9H2,1H3. The van der Waals surface area contributed by atoms with Crippen LogP contribution < -0.4 is 5.56 Å². The van der Waals surface area contributed by atoms with Crippen LogP contribution in [-0.2, 0) is 12.7 Å². The Bertz CT molecular complexity index is 845. The van der Waals surface area contributed by atoms with Crippen LogP contribution in [0.3, 0.4) is 0 Å². The maximum Gasteiger partial charge on any atom is 0.416 e. The molecule has 1 saturated carbocycles. The van der Waals surface area contributed by atoms with E-state index in [9.17, 15) is 23.1 Å². The summed E-state index contributed by atoms with van der Waals surface area (Å²) in [5.41, 5.74) is -1.10. The quantitative estimate of drug-likeness (QED) is 0.870. The smallest absolute Gasteiger partial charge is 0.416 e. The minimum absolute atomic E-state index is 0.0505. The van der Waals surface area contributed by atoms with Gasteiger partial charge in [0.05, 0.1) is 17.5 Å². The first-order chi connectivity index (χ1) is 11.8. The SMILES string of the molecule is CSCC1(Cn2cncc(-c3ccc(C(F)(F)F)cc3O)c2=O)CC1. The lowest BCUT2D eigenvalue weighted by atomic mass is 10.0. The zero-order valence-corrected chi connectivity index (χ0v) is 14.3. The van der Waals surface area contributed by atoms with Crippen molar-refractivity contribution in [1.82, 2.24) is 9.55 Å². The normalized spacial score (nSPS) is 16.0. The minimum atomic E-state index is -4.55. The van der Waals surface area contributed by atoms with E-state index in [2.05, 4.69) is 4.98 Å². The summed E-state index contributed by atoms with van der Waals surface area (Å²) < 4.78 is 39.6. The Kier molecular flexibility index (Phi) is 4.57. The van der Waals surface area contributed by atoms with Gasteiger partial charge >= 0.3 is 6.18 Å². The predicted octanol–water partition coefficient (Wildman–Crippen LogP) is 3.78. The van der Waals surface area contributed by atoms with E-state index < -0.39 is 17.5 Å². The lowest BCUT2D eigenvalue weighted by molar-refractivity contribution is -0.137. The molecule has 1 fully saturated rings. The molecule has 1 aromatic heterocycles. The highest BCUT2D eigenvalue weighted by atomic mass is 32.2. The molecular formula is C17H17F3N2O2S. The van der Waals surface area contributed by atoms with Crippen molar-refractivity contribution in [1.29, 1.82) is 0 Å². The van der Waals surface area contributed by atoms with Gasteiger partial charge in [0.1, 0.15) is 5.75 Å². The highest BCUT2D eigenvalue weighted by molar-refractivity contribution is 7.98. The van der Waals surface area contributed by atoms with E-state index in [0.29, 0.717) is 12.6 Å². The van der Waals surface area contributed by atoms with Crippen LogP contribution in [0, 0.1) is 5.41 Å². The molecule has 0 aliphatic heterocycles. The number of hydrogen-bond donors (Lipinski definition) is 1. The third-order valence-corrected chi connectivity index (χ3v) is 5.33. The molecule has 1 aliphatic carbocycles. The summed E-state index contributed by atoms with van der Waals surface area (Å²) in [6, 6.07) is 2.58. The summed E-state index contributed by atoms with van der Waals surface area (Å²) >= 11 is 1.72. The van der Waals surface area contributed by atoms with Crippen LogP contribution in [0.5, 0.6) is 5.75 Å². The first kappa shape index (κ1) is 17.8. The van der Waals surface area contributed by atoms with Crippen molar-refractivity contribution >= 4 is 11.8 Å². The topological polar surface area (TPSA) is 55.1 Å². The third kappa shape index (κ3) is 3.68. The van der Waals surface area contributed by atoms with E-state index in [4.69, 9.17) is 0 Å². The molecule has 0 atom stereocenters. The van der Waals surface area contributed by atoms with Crippen LogP contribution in [0.4, 0.5) is 13.2 Å². The van der Waals surface area contributed by atoms with Gasteiger partial charge in [-0.1, -0.05) is 0 Å². The lowest BCUT2D eigenvalue weighted by Crippen LogP contribution is -2.27. The van der Waals surface area contributed by atoms with E-state index in [1.54, 1.807) is 11.8 Å². The molecule has 4 nitrogen and oxygen atoms in total. The molecule has 1 N–H and O–H groups in total. The number of benzene rings is 1. The fraction of sp³-hybridized carbons (Fsp3) is 0.412. The lowest BCUT2D eigenvalue weighted by Gasteiger charge is -2.16. The van der Waals surface area contributed by atoms with E-state index >= 15 is 0 Å². The third-order valence-electron chi connectivity index (χ3n) is 4.43. The molecule has 1 aromatic carbocycles. The summed E-state index contributed by atoms with van der Waals surface area (Å²) in [6.45, 7) is 0.523. The van der Waals surface area contributed by atoms with Crippen LogP contribution in [0.15, 0.2) is 35.5 Å². The van der Waals surface area contributed by atoms with Gasteiger partial charge in [-0.05, 0) is 42.7 Å². The average molecular weight is 370 g/mol. The molecule has 1 heterocycles. The fourth-order valence-corrected chi connectivity index (χ4v) is 3.87. The van der Waals surface area contributed by atoms with E-state index in [1.807, 2.05) is 6.26 Å². The Morgan fingerprint density at radius 1 is 1.32 bits per heavy atom. The summed E-state index contributed by atoms with van der Waals surface area (Å²) in [4.78, 5) is 16.7. The Morgan fingerprint density at radius 3 is 2.60 bits per heavy atom. The van der Waals surface area contributed by atoms with Crippen LogP contribution >= 0.6 is 11.8 Å². The fourth-order valence-electron chi connectivity index (χ4n) is 2.88. The van der Waals surface area contributed by atoms with Gasteiger partial charge in [0.2, 0.25) is 0 Å². The molecule has 0 saturated heterocycles. The van der Waals surface area contributed by atoms with Crippen LogP contribution in [0.1, 0.15) is 18.4 Å². The summed E-state index contributed by atoms with van der Waals surface area (Å²) in [6.07, 6.45) is 2.24. The van der Waals surface area contributed by atoms with Crippen LogP contribution in [0.25, 0.3) is 11.1 Å². The maximum atomic E-state index is 12.7. The number of thioether (sulfide) groups is 1. The maximum absolute atomic E-state index is 12.7. The number of hydrogen-bond acceptors (Lipinski definition) is 4. The number of alkyl halides is 3. The molecule has 8 heteroatoms. The molecule has 0 spiro atoms. The number of phenolic OH excluding ortho intramolecular Hbond substituents is 1. The van der Waals surface area contributed by atoms with Crippen molar-refractivity contribution in [2.75, 3.05) is 12.0 Å². The molecular weight excluding hydrogens is 353 g/mol. The summed E-state index contributed by atoms with van der Waals surface area (Å²) in [5, 5.41) is 9.97. The van der Waals surface area contributed by atoms with Gasteiger partial charge < -0.3 is 5.11 Å². The van der Waals surface area contributed by atoms with E-state index in [-0.39, 0.29) is 22.1 Å². The Morgan fingerprint density at radius 2 is 2.04 bits per heavy atom. The van der Waals surface area contributed by atoms with Gasteiger partial charge in [-0.2, -0.15) is 24.9 Å². The monoisotopic (exact) mass is 370 g/mol. The molecule has 25 heavy (non-hydrogen) atoms. The molecule has 3 rings (SSSR count). The molecule has 0 unspecified atom stereocenters. The Balaban J connectivity index is 1.96. The number of aromatic nitrogens is 2. The molecule has 0 amide bonds. The predicted molar refractivity (Wildman–Crippen MR) is 90.6 cm³/mol. The van der Waals surface area contributed by atoms with Crippen LogP contribution in [-0.4, -0.2) is 26.7 Å². The van der Waals surface area contributed by atoms with Gasteiger partial charge in [0.15, 0.2) is 0 Å². The first-order valence-electron chi connectivity index (χ1n) is 7.70. The number of aromatic hydroxyl groups is 1. The largest absolute Gasteiger partial charge is 0.507 e. The molecule has 2 aromatic rings. The Labute approximate surface area is 146 Å². The van der Waals surface area contributed by atoms with Gasteiger partial charge in [0.25, 0.3) is 5.56 Å². The van der Waals surface area contributed by atoms with Crippen molar-refractivity contribution in [2.45, 2.75) is 25.6 Å². The second-order valence-corrected chi connectivity index (χ2v) is 7.27. The number of halogens is 3. The van der Waals surface area contributed by atoms with Crippen molar-refractivity contribution in [3.8, 4) is 16.9 Å². The molecule has 0 radical (unpaired) electrons. The number of rotatable bonds is 5. The Hall–Kier alpha value is -1.96. The minimum Gasteiger partial charge on any atom is -0.507 e. The van der Waals surface area contributed by atoms with Crippen molar-refractivity contribution in [3.63, 3.8) is 0 Å². The zero-order chi connectivity index (χ0) is 18.2. The number of phenols is 1. The van der Waals surface area contributed by atoms with E-state index in [0.717, 1.165) is 30.7 Å². The first-order valence-corrected chi connectivity index (χ1v) is 9.09. The van der Waals surface area contributed by atoms with Crippen molar-refractivity contribution in [3.05, 3.63) is 46.6 Å². The number of nitrogens with zero attached hydrogens (tertiary/aromatic N) is 2. The van der Waals surface area contributed by atoms with Crippen LogP contribution in [0.2, 0.25) is 0 Å². The van der Waals surface area contributed by atoms with Crippen molar-refractivity contribution < 1.29 is 18.3 Å². The van der Waals surface area contributed by atoms with Gasteiger partial charge in [-0.3, -0.25) is 9.36 Å². The van der Waals surface area contributed by atoms with Gasteiger partial charge in [0, 0.05) is 24.1 Å². The average Bonchev–Trinajstić information content (AvgIpc) is 3.29. The second kappa shape index (κ2) is 6.40. The second-order valence-electron chi connectivity index (χ2n) is 6.40. The van der Waals surface area contributed by atoms with Gasteiger partial charge in [-0.15, -0.1) is 0 Å². The molecule has 0 bridgehead atoms. The summed E-state index contributed by atoms with van der Waals surface area (Å²) in [5.74, 6) is 0.353. The zero-order valence-electron chi connectivity index (χ0n) is 13.5. The molecule has 1 aliphatic rings. The van der Waals surface area contributed by atoms with Crippen molar-refractivity contribution in [2.24, 2.45) is 5.41 Å². The highest BCUT2D eigenvalue weighted by Gasteiger charge is 2.42. The highest BCUT2D eigenvalue weighted by Crippen LogP contribution is 2.49. The van der Waals surface area contributed by atoms with Gasteiger partial charge in [-0.25, -0.2) is 4.98 Å².